The van der Waals surface area contributed by atoms with Gasteiger partial charge in [-0.05, 0) is 6.07 Å². The number of hydrogen-bond acceptors (Lipinski definition) is 4. The van der Waals surface area contributed by atoms with E-state index in [0.29, 0.717) is 5.69 Å². The highest BCUT2D eigenvalue weighted by atomic mass is 16.2. The topological polar surface area (TPSA) is 119 Å². The second-order valence-electron chi connectivity index (χ2n) is 6.10. The lowest BCUT2D eigenvalue weighted by atomic mass is 9.92. The number of likely N-dealkylation sites (N-methyl/N-ethyl adjacent to an activating group) is 1. The number of primary amides is 1. The molecule has 122 valence electrons. The van der Waals surface area contributed by atoms with Crippen LogP contribution in [0.15, 0.2) is 6.07 Å². The van der Waals surface area contributed by atoms with Crippen molar-refractivity contribution in [3.63, 3.8) is 0 Å². The maximum absolute atomic E-state index is 12.3. The molecule has 1 aromatic rings. The van der Waals surface area contributed by atoms with Gasteiger partial charge in [0.2, 0.25) is 11.8 Å². The molecule has 0 bridgehead atoms. The standard InChI is InChI=1S/C14H23N5O3/c1-14(2,3)10-7-9(19(5)18-10)13(22)17-8(6-11(15)20)12(21)16-4/h7-8H,6H2,1-5H3,(H2,15,20)(H,16,21)(H,17,22)/t8-/m0/s1. The Bertz CT molecular complexity index is 586. The molecule has 0 saturated heterocycles. The number of carbonyl (C=O) groups excluding carboxylic acids is 3. The van der Waals surface area contributed by atoms with Crippen LogP contribution in [0.25, 0.3) is 0 Å². The molecule has 8 nitrogen and oxygen atoms in total. The summed E-state index contributed by atoms with van der Waals surface area (Å²) in [5.74, 6) is -1.64. The highest BCUT2D eigenvalue weighted by Gasteiger charge is 2.26. The van der Waals surface area contributed by atoms with Gasteiger partial charge in [-0.1, -0.05) is 20.8 Å². The second-order valence-corrected chi connectivity index (χ2v) is 6.10. The summed E-state index contributed by atoms with van der Waals surface area (Å²) in [5.41, 5.74) is 5.96. The van der Waals surface area contributed by atoms with Crippen molar-refractivity contribution in [1.29, 1.82) is 0 Å². The zero-order valence-corrected chi connectivity index (χ0v) is 13.6. The molecule has 1 heterocycles. The van der Waals surface area contributed by atoms with Crippen LogP contribution in [0.1, 0.15) is 43.4 Å². The van der Waals surface area contributed by atoms with Gasteiger partial charge < -0.3 is 16.4 Å². The second kappa shape index (κ2) is 6.59. The summed E-state index contributed by atoms with van der Waals surface area (Å²) in [7, 11) is 3.07. The minimum absolute atomic E-state index is 0.205. The van der Waals surface area contributed by atoms with Gasteiger partial charge in [-0.25, -0.2) is 0 Å². The van der Waals surface area contributed by atoms with Crippen LogP contribution >= 0.6 is 0 Å². The van der Waals surface area contributed by atoms with Crippen LogP contribution in [0, 0.1) is 0 Å². The van der Waals surface area contributed by atoms with Crippen LogP contribution in [0.2, 0.25) is 0 Å². The van der Waals surface area contributed by atoms with Crippen molar-refractivity contribution in [2.24, 2.45) is 12.8 Å². The Kier molecular flexibility index (Phi) is 5.29. The van der Waals surface area contributed by atoms with Crippen LogP contribution in [-0.4, -0.2) is 40.6 Å². The SMILES string of the molecule is CNC(=O)[C@H](CC(N)=O)NC(=O)c1cc(C(C)(C)C)nn1C. The maximum Gasteiger partial charge on any atom is 0.270 e. The Hall–Kier alpha value is -2.38. The van der Waals surface area contributed by atoms with Gasteiger partial charge in [-0.2, -0.15) is 5.10 Å². The predicted octanol–water partition coefficient (Wildman–Crippen LogP) is -0.563. The lowest BCUT2D eigenvalue weighted by Gasteiger charge is -2.15. The van der Waals surface area contributed by atoms with Crippen molar-refractivity contribution < 1.29 is 14.4 Å². The van der Waals surface area contributed by atoms with E-state index >= 15 is 0 Å². The lowest BCUT2D eigenvalue weighted by Crippen LogP contribution is -2.48. The first-order chi connectivity index (χ1) is 10.1. The van der Waals surface area contributed by atoms with Gasteiger partial charge in [0.25, 0.3) is 5.91 Å². The number of aromatic nitrogens is 2. The smallest absolute Gasteiger partial charge is 0.270 e. The number of nitrogens with two attached hydrogens (primary N) is 1. The molecule has 0 spiro atoms. The number of aryl methyl sites for hydroxylation is 1. The fourth-order valence-corrected chi connectivity index (χ4v) is 1.86. The number of rotatable bonds is 5. The first kappa shape index (κ1) is 17.7. The number of nitrogens with one attached hydrogen (secondary N) is 2. The van der Waals surface area contributed by atoms with Crippen molar-refractivity contribution in [1.82, 2.24) is 20.4 Å². The van der Waals surface area contributed by atoms with Crippen molar-refractivity contribution in [3.05, 3.63) is 17.5 Å². The summed E-state index contributed by atoms with van der Waals surface area (Å²) in [5, 5.41) is 9.20. The van der Waals surface area contributed by atoms with Crippen molar-refractivity contribution in [2.45, 2.75) is 38.6 Å². The minimum atomic E-state index is -1.01. The summed E-state index contributed by atoms with van der Waals surface area (Å²) < 4.78 is 1.45. The van der Waals surface area contributed by atoms with E-state index in [1.165, 1.54) is 11.7 Å². The first-order valence-corrected chi connectivity index (χ1v) is 6.91. The van der Waals surface area contributed by atoms with E-state index < -0.39 is 23.8 Å². The zero-order chi connectivity index (χ0) is 17.1. The van der Waals surface area contributed by atoms with Crippen LogP contribution in [0.4, 0.5) is 0 Å². The molecule has 1 rings (SSSR count). The van der Waals surface area contributed by atoms with Crippen LogP contribution < -0.4 is 16.4 Å². The molecule has 0 aliphatic carbocycles. The number of carbonyl (C=O) groups is 3. The monoisotopic (exact) mass is 309 g/mol. The summed E-state index contributed by atoms with van der Waals surface area (Å²) in [6, 6.07) is 0.656. The molecule has 0 fully saturated rings. The Morgan fingerprint density at radius 3 is 2.36 bits per heavy atom. The van der Waals surface area contributed by atoms with Gasteiger partial charge in [0.1, 0.15) is 11.7 Å². The fraction of sp³-hybridized carbons (Fsp3) is 0.571. The first-order valence-electron chi connectivity index (χ1n) is 6.91. The van der Waals surface area contributed by atoms with Gasteiger partial charge in [0, 0.05) is 19.5 Å². The highest BCUT2D eigenvalue weighted by molar-refractivity contribution is 5.97. The van der Waals surface area contributed by atoms with E-state index in [9.17, 15) is 14.4 Å². The van der Waals surface area contributed by atoms with Crippen molar-refractivity contribution >= 4 is 17.7 Å². The molecule has 0 aromatic carbocycles. The zero-order valence-electron chi connectivity index (χ0n) is 13.6. The van der Waals surface area contributed by atoms with Crippen LogP contribution in [0.3, 0.4) is 0 Å². The third-order valence-electron chi connectivity index (χ3n) is 3.15. The Labute approximate surface area is 129 Å². The molecule has 4 N–H and O–H groups in total. The molecule has 0 unspecified atom stereocenters. The molecule has 1 atom stereocenters. The Morgan fingerprint density at radius 1 is 1.36 bits per heavy atom. The summed E-state index contributed by atoms with van der Waals surface area (Å²) in [4.78, 5) is 35.0. The molecule has 0 aliphatic heterocycles. The van der Waals surface area contributed by atoms with Gasteiger partial charge >= 0.3 is 0 Å². The average molecular weight is 309 g/mol. The molecule has 0 radical (unpaired) electrons. The fourth-order valence-electron chi connectivity index (χ4n) is 1.86. The number of nitrogens with zero attached hydrogens (tertiary/aromatic N) is 2. The summed E-state index contributed by atoms with van der Waals surface area (Å²) >= 11 is 0. The quantitative estimate of drug-likeness (QED) is 0.675. The lowest BCUT2D eigenvalue weighted by molar-refractivity contribution is -0.126. The van der Waals surface area contributed by atoms with E-state index in [1.807, 2.05) is 20.8 Å². The van der Waals surface area contributed by atoms with E-state index in [0.717, 1.165) is 5.69 Å². The molecule has 3 amide bonds. The molecule has 1 aromatic heterocycles. The van der Waals surface area contributed by atoms with Crippen LogP contribution in [0.5, 0.6) is 0 Å². The van der Waals surface area contributed by atoms with Gasteiger partial charge in [-0.3, -0.25) is 19.1 Å². The third kappa shape index (κ3) is 4.31. The number of hydrogen-bond donors (Lipinski definition) is 3. The molecule has 0 aliphatic rings. The normalized spacial score (nSPS) is 12.6. The third-order valence-corrected chi connectivity index (χ3v) is 3.15. The van der Waals surface area contributed by atoms with E-state index in [-0.39, 0.29) is 11.8 Å². The molecular weight excluding hydrogens is 286 g/mol. The van der Waals surface area contributed by atoms with Crippen molar-refractivity contribution in [2.75, 3.05) is 7.05 Å². The highest BCUT2D eigenvalue weighted by Crippen LogP contribution is 2.21. The summed E-state index contributed by atoms with van der Waals surface area (Å²) in [6.07, 6.45) is -0.268. The minimum Gasteiger partial charge on any atom is -0.370 e. The number of amides is 3. The predicted molar refractivity (Wildman–Crippen MR) is 81.0 cm³/mol. The van der Waals surface area contributed by atoms with Gasteiger partial charge in [0.05, 0.1) is 12.1 Å². The Balaban J connectivity index is 2.97. The molecular formula is C14H23N5O3. The van der Waals surface area contributed by atoms with Gasteiger partial charge in [0.15, 0.2) is 0 Å². The largest absolute Gasteiger partial charge is 0.370 e. The van der Waals surface area contributed by atoms with E-state index in [4.69, 9.17) is 5.73 Å². The van der Waals surface area contributed by atoms with Crippen LogP contribution in [-0.2, 0) is 22.1 Å². The molecule has 8 heteroatoms. The molecule has 0 saturated carbocycles. The van der Waals surface area contributed by atoms with E-state index in [1.54, 1.807) is 13.1 Å². The summed E-state index contributed by atoms with van der Waals surface area (Å²) in [6.45, 7) is 5.95. The molecule has 22 heavy (non-hydrogen) atoms. The Morgan fingerprint density at radius 2 is 1.95 bits per heavy atom. The average Bonchev–Trinajstić information content (AvgIpc) is 2.78. The van der Waals surface area contributed by atoms with E-state index in [2.05, 4.69) is 15.7 Å². The van der Waals surface area contributed by atoms with Crippen molar-refractivity contribution in [3.8, 4) is 0 Å². The maximum atomic E-state index is 12.3. The van der Waals surface area contributed by atoms with Gasteiger partial charge in [-0.15, -0.1) is 0 Å².